The van der Waals surface area contributed by atoms with E-state index in [4.69, 9.17) is 9.47 Å². The summed E-state index contributed by atoms with van der Waals surface area (Å²) in [7, 11) is 1.50. The van der Waals surface area contributed by atoms with Gasteiger partial charge in [-0.1, -0.05) is 25.2 Å². The standard InChI is InChI=1S/C23H25F3N6O4S/c1-4-13(2)17-18(37-21(31-17)32-19(33)23(24,25)26)16-9-10-27-20(30-16)28-14-5-7-15(8-6-14)29-22(34)36-12-11-35-3/h5-10,13H,4,11-12H2,1-3H3,(H,29,34)(H,27,28,30)(H,31,32,33). The first-order valence-electron chi connectivity index (χ1n) is 11.1. The van der Waals surface area contributed by atoms with E-state index in [0.29, 0.717) is 40.7 Å². The predicted octanol–water partition coefficient (Wildman–Crippen LogP) is 5.55. The van der Waals surface area contributed by atoms with Crippen molar-refractivity contribution in [3.8, 4) is 10.6 Å². The molecule has 0 saturated heterocycles. The number of hydrogen-bond acceptors (Lipinski definition) is 9. The van der Waals surface area contributed by atoms with Crippen molar-refractivity contribution in [1.29, 1.82) is 0 Å². The monoisotopic (exact) mass is 538 g/mol. The van der Waals surface area contributed by atoms with Crippen LogP contribution in [0.15, 0.2) is 36.5 Å². The minimum Gasteiger partial charge on any atom is -0.447 e. The fourth-order valence-corrected chi connectivity index (χ4v) is 4.00. The molecule has 3 aromatic rings. The van der Waals surface area contributed by atoms with Crippen molar-refractivity contribution in [3.63, 3.8) is 0 Å². The number of nitrogens with zero attached hydrogens (tertiary/aromatic N) is 3. The maximum Gasteiger partial charge on any atom is 0.471 e. The van der Waals surface area contributed by atoms with E-state index in [0.717, 1.165) is 11.3 Å². The Morgan fingerprint density at radius 2 is 1.76 bits per heavy atom. The van der Waals surface area contributed by atoms with Crippen LogP contribution in [-0.4, -0.2) is 53.5 Å². The Labute approximate surface area is 214 Å². The topological polar surface area (TPSA) is 127 Å². The van der Waals surface area contributed by atoms with Crippen molar-refractivity contribution in [2.75, 3.05) is 36.3 Å². The molecule has 0 bridgehead atoms. The third-order valence-corrected chi connectivity index (χ3v) is 6.02. The maximum atomic E-state index is 12.7. The van der Waals surface area contributed by atoms with Crippen LogP contribution in [0.2, 0.25) is 0 Å². The number of carbonyl (C=O) groups is 2. The number of carbonyl (C=O) groups excluding carboxylic acids is 2. The molecule has 0 radical (unpaired) electrons. The molecule has 37 heavy (non-hydrogen) atoms. The van der Waals surface area contributed by atoms with E-state index in [9.17, 15) is 22.8 Å². The van der Waals surface area contributed by atoms with E-state index >= 15 is 0 Å². The highest BCUT2D eigenvalue weighted by atomic mass is 32.1. The van der Waals surface area contributed by atoms with E-state index in [1.807, 2.05) is 19.2 Å². The Morgan fingerprint density at radius 1 is 1.05 bits per heavy atom. The molecular formula is C23H25F3N6O4S. The molecule has 0 fully saturated rings. The van der Waals surface area contributed by atoms with E-state index in [1.54, 1.807) is 30.3 Å². The first-order chi connectivity index (χ1) is 17.6. The van der Waals surface area contributed by atoms with Gasteiger partial charge < -0.3 is 14.8 Å². The summed E-state index contributed by atoms with van der Waals surface area (Å²) < 4.78 is 47.9. The van der Waals surface area contributed by atoms with Gasteiger partial charge in [0.05, 0.1) is 22.9 Å². The van der Waals surface area contributed by atoms with Crippen LogP contribution in [0.5, 0.6) is 0 Å². The molecule has 2 aromatic heterocycles. The van der Waals surface area contributed by atoms with Gasteiger partial charge in [-0.2, -0.15) is 13.2 Å². The Kier molecular flexibility index (Phi) is 9.36. The summed E-state index contributed by atoms with van der Waals surface area (Å²) in [5.41, 5.74) is 2.11. The molecule has 1 atom stereocenters. The number of methoxy groups -OCH3 is 1. The van der Waals surface area contributed by atoms with Gasteiger partial charge in [0.2, 0.25) is 5.95 Å². The number of thiazole rings is 1. The smallest absolute Gasteiger partial charge is 0.447 e. The number of ether oxygens (including phenoxy) is 2. The summed E-state index contributed by atoms with van der Waals surface area (Å²) >= 11 is 0.909. The molecule has 0 spiro atoms. The number of alkyl halides is 3. The number of anilines is 4. The predicted molar refractivity (Wildman–Crippen MR) is 133 cm³/mol. The number of nitrogens with one attached hydrogen (secondary N) is 3. The van der Waals surface area contributed by atoms with Crippen LogP contribution in [0, 0.1) is 0 Å². The van der Waals surface area contributed by atoms with E-state index < -0.39 is 18.2 Å². The SMILES string of the molecule is CCC(C)c1nc(NC(=O)C(F)(F)F)sc1-c1ccnc(Nc2ccc(NC(=O)OCCOC)cc2)n1. The van der Waals surface area contributed by atoms with Crippen LogP contribution in [0.25, 0.3) is 10.6 Å². The number of aromatic nitrogens is 3. The minimum absolute atomic E-state index is 0.0876. The summed E-state index contributed by atoms with van der Waals surface area (Å²) in [5.74, 6) is -1.94. The molecule has 0 saturated carbocycles. The molecule has 10 nitrogen and oxygen atoms in total. The Morgan fingerprint density at radius 3 is 2.41 bits per heavy atom. The highest BCUT2D eigenvalue weighted by molar-refractivity contribution is 7.19. The first kappa shape index (κ1) is 27.8. The van der Waals surface area contributed by atoms with Crippen molar-refractivity contribution >= 4 is 45.8 Å². The van der Waals surface area contributed by atoms with E-state index in [2.05, 4.69) is 25.6 Å². The fraction of sp³-hybridized carbons (Fsp3) is 0.348. The summed E-state index contributed by atoms with van der Waals surface area (Å²) in [6.07, 6.45) is -3.45. The van der Waals surface area contributed by atoms with Crippen molar-refractivity contribution in [3.05, 3.63) is 42.2 Å². The quantitative estimate of drug-likeness (QED) is 0.287. The molecule has 3 N–H and O–H groups in total. The zero-order chi connectivity index (χ0) is 27.0. The minimum atomic E-state index is -5.02. The van der Waals surface area contributed by atoms with Gasteiger partial charge in [-0.3, -0.25) is 15.4 Å². The molecule has 1 unspecified atom stereocenters. The van der Waals surface area contributed by atoms with E-state index in [-0.39, 0.29) is 23.6 Å². The molecule has 1 aromatic carbocycles. The van der Waals surface area contributed by atoms with Crippen LogP contribution >= 0.6 is 11.3 Å². The van der Waals surface area contributed by atoms with Crippen molar-refractivity contribution in [1.82, 2.24) is 15.0 Å². The van der Waals surface area contributed by atoms with Gasteiger partial charge in [0.15, 0.2) is 5.13 Å². The van der Waals surface area contributed by atoms with Gasteiger partial charge in [-0.15, -0.1) is 0 Å². The van der Waals surface area contributed by atoms with Gasteiger partial charge in [0.1, 0.15) is 6.61 Å². The van der Waals surface area contributed by atoms with Crippen molar-refractivity contribution in [2.45, 2.75) is 32.4 Å². The maximum absolute atomic E-state index is 12.7. The molecule has 0 aliphatic rings. The summed E-state index contributed by atoms with van der Waals surface area (Å²) in [6.45, 7) is 4.23. The van der Waals surface area contributed by atoms with Gasteiger partial charge >= 0.3 is 18.2 Å². The second-order valence-electron chi connectivity index (χ2n) is 7.72. The van der Waals surface area contributed by atoms with Gasteiger partial charge in [0.25, 0.3) is 0 Å². The zero-order valence-corrected chi connectivity index (χ0v) is 21.0. The second-order valence-corrected chi connectivity index (χ2v) is 8.72. The average Bonchev–Trinajstić information content (AvgIpc) is 3.28. The van der Waals surface area contributed by atoms with Gasteiger partial charge in [-0.05, 0) is 42.7 Å². The number of rotatable bonds is 10. The lowest BCUT2D eigenvalue weighted by Crippen LogP contribution is -2.29. The third kappa shape index (κ3) is 7.85. The van der Waals surface area contributed by atoms with E-state index in [1.165, 1.54) is 13.3 Å². The Bertz CT molecular complexity index is 1220. The fourth-order valence-electron chi connectivity index (χ4n) is 2.95. The molecular weight excluding hydrogens is 513 g/mol. The van der Waals surface area contributed by atoms with Crippen LogP contribution in [-0.2, 0) is 14.3 Å². The number of hydrogen-bond donors (Lipinski definition) is 3. The summed E-state index contributed by atoms with van der Waals surface area (Å²) in [4.78, 5) is 36.6. The second kappa shape index (κ2) is 12.5. The van der Waals surface area contributed by atoms with Crippen LogP contribution in [0.1, 0.15) is 31.9 Å². The number of halogens is 3. The molecule has 0 aliphatic carbocycles. The number of amides is 2. The highest BCUT2D eigenvalue weighted by Crippen LogP contribution is 2.38. The first-order valence-corrected chi connectivity index (χ1v) is 11.9. The summed E-state index contributed by atoms with van der Waals surface area (Å²) in [5, 5.41) is 7.28. The molecule has 0 aliphatic heterocycles. The average molecular weight is 539 g/mol. The third-order valence-electron chi connectivity index (χ3n) is 5.01. The number of benzene rings is 1. The van der Waals surface area contributed by atoms with Crippen LogP contribution < -0.4 is 16.0 Å². The summed E-state index contributed by atoms with van der Waals surface area (Å²) in [6, 6.07) is 8.32. The molecule has 2 amide bonds. The normalized spacial score (nSPS) is 12.1. The highest BCUT2D eigenvalue weighted by Gasteiger charge is 2.39. The van der Waals surface area contributed by atoms with Crippen molar-refractivity contribution < 1.29 is 32.2 Å². The lowest BCUT2D eigenvalue weighted by Gasteiger charge is -2.10. The van der Waals surface area contributed by atoms with Crippen molar-refractivity contribution in [2.24, 2.45) is 0 Å². The largest absolute Gasteiger partial charge is 0.471 e. The van der Waals surface area contributed by atoms with Crippen LogP contribution in [0.4, 0.5) is 40.4 Å². The molecule has 2 heterocycles. The zero-order valence-electron chi connectivity index (χ0n) is 20.2. The van der Waals surface area contributed by atoms with Gasteiger partial charge in [0, 0.05) is 24.7 Å². The van der Waals surface area contributed by atoms with Crippen LogP contribution in [0.3, 0.4) is 0 Å². The van der Waals surface area contributed by atoms with Gasteiger partial charge in [-0.25, -0.2) is 19.7 Å². The Balaban J connectivity index is 1.76. The lowest BCUT2D eigenvalue weighted by molar-refractivity contribution is -0.167. The Hall–Kier alpha value is -3.78. The molecule has 198 valence electrons. The lowest BCUT2D eigenvalue weighted by atomic mass is 10.0. The molecule has 14 heteroatoms. The molecule has 3 rings (SSSR count).